The number of aryl methyl sites for hydroxylation is 1. The Balaban J connectivity index is 1.51. The molecule has 3 aromatic rings. The van der Waals surface area contributed by atoms with Gasteiger partial charge in [0.15, 0.2) is 24.6 Å². The van der Waals surface area contributed by atoms with Crippen molar-refractivity contribution in [3.05, 3.63) is 53.6 Å². The molecule has 0 unspecified atom stereocenters. The molecule has 0 aliphatic carbocycles. The maximum Gasteiger partial charge on any atom is 0.201 e. The number of benzene rings is 1. The van der Waals surface area contributed by atoms with Crippen LogP contribution in [0.4, 0.5) is 8.78 Å². The van der Waals surface area contributed by atoms with Crippen LogP contribution in [-0.2, 0) is 9.47 Å². The molecule has 2 aliphatic heterocycles. The molecule has 0 radical (unpaired) electrons. The lowest BCUT2D eigenvalue weighted by Crippen LogP contribution is -2.37. The summed E-state index contributed by atoms with van der Waals surface area (Å²) in [5.74, 6) is -2.47. The first-order valence-corrected chi connectivity index (χ1v) is 8.99. The summed E-state index contributed by atoms with van der Waals surface area (Å²) in [5.41, 5.74) is 1.50. The summed E-state index contributed by atoms with van der Waals surface area (Å²) >= 11 is 0. The van der Waals surface area contributed by atoms with Crippen molar-refractivity contribution in [1.29, 1.82) is 0 Å². The molecule has 8 nitrogen and oxygen atoms in total. The second-order valence-electron chi connectivity index (χ2n) is 7.02. The van der Waals surface area contributed by atoms with Gasteiger partial charge in [-0.15, -0.1) is 0 Å². The zero-order valence-electron chi connectivity index (χ0n) is 15.2. The van der Waals surface area contributed by atoms with E-state index in [1.54, 1.807) is 16.8 Å². The van der Waals surface area contributed by atoms with E-state index in [1.807, 2.05) is 6.92 Å². The second kappa shape index (κ2) is 6.70. The van der Waals surface area contributed by atoms with Gasteiger partial charge < -0.3 is 29.0 Å². The van der Waals surface area contributed by atoms with Gasteiger partial charge in [-0.3, -0.25) is 0 Å². The van der Waals surface area contributed by atoms with Gasteiger partial charge in [0.05, 0.1) is 5.69 Å². The van der Waals surface area contributed by atoms with Crippen LogP contribution in [0.1, 0.15) is 23.6 Å². The molecule has 1 fully saturated rings. The fourth-order valence-corrected chi connectivity index (χ4v) is 3.91. The van der Waals surface area contributed by atoms with Crippen LogP contribution in [0, 0.1) is 18.6 Å². The molecule has 152 valence electrons. The Kier molecular flexibility index (Phi) is 4.24. The summed E-state index contributed by atoms with van der Waals surface area (Å²) in [6.07, 6.45) is -2.51. The lowest BCUT2D eigenvalue weighted by molar-refractivity contribution is -0.148. The molecule has 0 spiro atoms. The molecule has 0 saturated carbocycles. The third-order valence-electron chi connectivity index (χ3n) is 5.39. The quantitative estimate of drug-likeness (QED) is 0.670. The fraction of sp³-hybridized carbons (Fsp3) is 0.368. The van der Waals surface area contributed by atoms with Crippen LogP contribution in [-0.4, -0.2) is 49.9 Å². The smallest absolute Gasteiger partial charge is 0.201 e. The lowest BCUT2D eigenvalue weighted by atomic mass is 9.97. The van der Waals surface area contributed by atoms with E-state index in [0.717, 1.165) is 17.1 Å². The van der Waals surface area contributed by atoms with Gasteiger partial charge in [-0.05, 0) is 25.1 Å². The monoisotopic (exact) mass is 405 g/mol. The molecule has 1 aromatic carbocycles. The summed E-state index contributed by atoms with van der Waals surface area (Å²) < 4.78 is 45.8. The highest BCUT2D eigenvalue weighted by Gasteiger charge is 2.50. The molecule has 4 heterocycles. The predicted octanol–water partition coefficient (Wildman–Crippen LogP) is 1.74. The predicted molar refractivity (Wildman–Crippen MR) is 93.9 cm³/mol. The van der Waals surface area contributed by atoms with E-state index < -0.39 is 42.3 Å². The van der Waals surface area contributed by atoms with Crippen molar-refractivity contribution in [2.24, 2.45) is 0 Å². The number of halogens is 2. The van der Waals surface area contributed by atoms with Crippen LogP contribution in [0.25, 0.3) is 11.0 Å². The van der Waals surface area contributed by atoms with E-state index in [9.17, 15) is 19.0 Å². The molecule has 29 heavy (non-hydrogen) atoms. The summed E-state index contributed by atoms with van der Waals surface area (Å²) in [6, 6.07) is 4.06. The first-order chi connectivity index (χ1) is 14.0. The number of fused-ring (bicyclic) bond motifs is 2. The summed E-state index contributed by atoms with van der Waals surface area (Å²) in [7, 11) is 0. The van der Waals surface area contributed by atoms with E-state index in [-0.39, 0.29) is 18.1 Å². The average molecular weight is 405 g/mol. The highest BCUT2D eigenvalue weighted by atomic mass is 19.2. The maximum absolute atomic E-state index is 14.1. The highest BCUT2D eigenvalue weighted by Crippen LogP contribution is 2.44. The first-order valence-electron chi connectivity index (χ1n) is 8.99. The zero-order chi connectivity index (χ0) is 20.3. The van der Waals surface area contributed by atoms with Crippen molar-refractivity contribution in [2.45, 2.75) is 37.6 Å². The number of nitrogens with zero attached hydrogens (tertiary/aromatic N) is 3. The van der Waals surface area contributed by atoms with Crippen LogP contribution in [0.3, 0.4) is 0 Å². The summed E-state index contributed by atoms with van der Waals surface area (Å²) in [6.45, 7) is 1.49. The van der Waals surface area contributed by atoms with Crippen LogP contribution in [0.2, 0.25) is 0 Å². The van der Waals surface area contributed by atoms with E-state index in [2.05, 4.69) is 9.97 Å². The van der Waals surface area contributed by atoms with Gasteiger partial charge in [0.25, 0.3) is 0 Å². The van der Waals surface area contributed by atoms with Crippen LogP contribution in [0.5, 0.6) is 5.75 Å². The van der Waals surface area contributed by atoms with E-state index in [4.69, 9.17) is 14.2 Å². The van der Waals surface area contributed by atoms with Gasteiger partial charge in [-0.2, -0.15) is 4.39 Å². The molecule has 5 rings (SSSR count). The third-order valence-corrected chi connectivity index (χ3v) is 5.39. The molecule has 2 N–H and O–H groups in total. The minimum atomic E-state index is -1.34. The van der Waals surface area contributed by atoms with Gasteiger partial charge >= 0.3 is 0 Å². The highest BCUT2D eigenvalue weighted by molar-refractivity contribution is 5.78. The number of aromatic nitrogens is 3. The van der Waals surface area contributed by atoms with Crippen molar-refractivity contribution in [1.82, 2.24) is 14.5 Å². The largest absolute Gasteiger partial charge is 0.464 e. The lowest BCUT2D eigenvalue weighted by Gasteiger charge is -2.31. The molecule has 0 amide bonds. The molecule has 10 heteroatoms. The van der Waals surface area contributed by atoms with Crippen LogP contribution >= 0.6 is 0 Å². The third kappa shape index (κ3) is 2.71. The summed E-state index contributed by atoms with van der Waals surface area (Å²) in [4.78, 5) is 8.37. The second-order valence-corrected chi connectivity index (χ2v) is 7.02. The molecule has 0 bridgehead atoms. The molecular formula is C19H17F2N3O5. The number of rotatable bonds is 2. The van der Waals surface area contributed by atoms with Crippen molar-refractivity contribution in [3.8, 4) is 5.75 Å². The molecule has 5 atom stereocenters. The Labute approximate surface area is 163 Å². The van der Waals surface area contributed by atoms with Gasteiger partial charge in [0.2, 0.25) is 5.82 Å². The van der Waals surface area contributed by atoms with Crippen LogP contribution < -0.4 is 4.74 Å². The van der Waals surface area contributed by atoms with Crippen LogP contribution in [0.15, 0.2) is 30.7 Å². The number of hydrogen-bond acceptors (Lipinski definition) is 7. The van der Waals surface area contributed by atoms with Crippen molar-refractivity contribution in [3.63, 3.8) is 0 Å². The fourth-order valence-electron chi connectivity index (χ4n) is 3.91. The Morgan fingerprint density at radius 3 is 2.79 bits per heavy atom. The van der Waals surface area contributed by atoms with E-state index in [1.165, 1.54) is 12.4 Å². The molecular weight excluding hydrogens is 388 g/mol. The van der Waals surface area contributed by atoms with Gasteiger partial charge in [-0.1, -0.05) is 0 Å². The van der Waals surface area contributed by atoms with Crippen molar-refractivity contribution < 1.29 is 33.2 Å². The molecule has 1 saturated heterocycles. The SMILES string of the molecule is Cc1ncnc2c1ccn2[C@@H]1O[C@H]([C@@H]2OCOc3c2ccc(F)c3F)[C@@H](O)[C@H]1O. The van der Waals surface area contributed by atoms with Crippen molar-refractivity contribution in [2.75, 3.05) is 6.79 Å². The molecule has 2 aromatic heterocycles. The zero-order valence-corrected chi connectivity index (χ0v) is 15.2. The van der Waals surface area contributed by atoms with Gasteiger partial charge in [0, 0.05) is 17.1 Å². The Hall–Kier alpha value is -2.66. The van der Waals surface area contributed by atoms with Gasteiger partial charge in [-0.25, -0.2) is 14.4 Å². The topological polar surface area (TPSA) is 98.9 Å². The molecule has 2 aliphatic rings. The minimum Gasteiger partial charge on any atom is -0.464 e. The number of ether oxygens (including phenoxy) is 3. The summed E-state index contributed by atoms with van der Waals surface area (Å²) in [5, 5.41) is 22.1. The Morgan fingerprint density at radius 2 is 1.97 bits per heavy atom. The van der Waals surface area contributed by atoms with E-state index >= 15 is 0 Å². The minimum absolute atomic E-state index is 0.197. The average Bonchev–Trinajstić information content (AvgIpc) is 3.27. The van der Waals surface area contributed by atoms with Crippen molar-refractivity contribution >= 4 is 11.0 Å². The number of aliphatic hydroxyl groups excluding tert-OH is 2. The Bertz CT molecular complexity index is 1090. The maximum atomic E-state index is 14.1. The normalized spacial score (nSPS) is 29.1. The van der Waals surface area contributed by atoms with Gasteiger partial charge in [0.1, 0.15) is 36.4 Å². The first kappa shape index (κ1) is 18.4. The number of hydrogen-bond donors (Lipinski definition) is 2. The Morgan fingerprint density at radius 1 is 1.14 bits per heavy atom. The standard InChI is InChI=1S/C19H17F2N3O5/c1-8-9-4-5-24(18(9)23-6-22-8)19-14(26)13(25)17(29-19)16-10-2-3-11(20)12(21)15(10)27-7-28-16/h2-6,13-14,16-17,19,25-26H,7H2,1H3/t13-,14+,16+,17-,19+/m0/s1. The van der Waals surface area contributed by atoms with E-state index in [0.29, 0.717) is 5.65 Å². The number of aliphatic hydroxyl groups is 2.